The molecule has 0 fully saturated rings. The van der Waals surface area contributed by atoms with Crippen LogP contribution in [0.15, 0.2) is 35.0 Å². The van der Waals surface area contributed by atoms with Gasteiger partial charge in [-0.2, -0.15) is 0 Å². The number of H-pyrrole nitrogens is 2. The van der Waals surface area contributed by atoms with Gasteiger partial charge in [0.25, 0.3) is 0 Å². The minimum Gasteiger partial charge on any atom is -0.330 e. The Morgan fingerprint density at radius 3 is 1.75 bits per heavy atom. The van der Waals surface area contributed by atoms with Crippen LogP contribution in [0.25, 0.3) is 21.1 Å². The highest BCUT2D eigenvalue weighted by atomic mass is 32.1. The molecule has 0 bridgehead atoms. The summed E-state index contributed by atoms with van der Waals surface area (Å²) in [6.07, 6.45) is 0. The normalized spacial score (nSPS) is 10.8. The van der Waals surface area contributed by atoms with E-state index in [9.17, 15) is 0 Å². The standard InChI is InChI=1S/C11H8N2S3/c14-11-12-9(7-3-1-5-15-7)10(13-11)8-4-2-6-16-8/h1-6H,(H2,12,13,14). The molecule has 0 saturated heterocycles. The molecule has 0 unspecified atom stereocenters. The van der Waals surface area contributed by atoms with Crippen LogP contribution in [0.1, 0.15) is 0 Å². The smallest absolute Gasteiger partial charge is 0.175 e. The molecular weight excluding hydrogens is 256 g/mol. The summed E-state index contributed by atoms with van der Waals surface area (Å²) in [5.41, 5.74) is 2.17. The van der Waals surface area contributed by atoms with E-state index in [1.807, 2.05) is 12.1 Å². The monoisotopic (exact) mass is 264 g/mol. The molecule has 3 aromatic heterocycles. The minimum absolute atomic E-state index is 0.673. The second-order valence-corrected chi connectivity index (χ2v) is 5.59. The highest BCUT2D eigenvalue weighted by Crippen LogP contribution is 2.34. The van der Waals surface area contributed by atoms with Crippen molar-refractivity contribution >= 4 is 34.9 Å². The summed E-state index contributed by atoms with van der Waals surface area (Å²) in [5, 5.41) is 4.13. The van der Waals surface area contributed by atoms with Gasteiger partial charge in [-0.25, -0.2) is 0 Å². The van der Waals surface area contributed by atoms with Crippen molar-refractivity contribution in [3.05, 3.63) is 39.8 Å². The molecule has 0 aliphatic heterocycles. The molecule has 5 heteroatoms. The van der Waals surface area contributed by atoms with Crippen molar-refractivity contribution in [1.82, 2.24) is 9.97 Å². The number of hydrogen-bond acceptors (Lipinski definition) is 3. The Balaban J connectivity index is 2.23. The fourth-order valence-corrected chi connectivity index (χ4v) is 3.26. The van der Waals surface area contributed by atoms with Crippen LogP contribution in [-0.2, 0) is 0 Å². The molecule has 16 heavy (non-hydrogen) atoms. The third kappa shape index (κ3) is 1.67. The van der Waals surface area contributed by atoms with E-state index >= 15 is 0 Å². The van der Waals surface area contributed by atoms with Crippen LogP contribution in [0.5, 0.6) is 0 Å². The van der Waals surface area contributed by atoms with Crippen molar-refractivity contribution in [3.63, 3.8) is 0 Å². The van der Waals surface area contributed by atoms with E-state index in [1.54, 1.807) is 22.7 Å². The molecule has 0 aromatic carbocycles. The third-order valence-corrected chi connectivity index (χ3v) is 4.24. The van der Waals surface area contributed by atoms with E-state index in [-0.39, 0.29) is 0 Å². The Morgan fingerprint density at radius 1 is 0.875 bits per heavy atom. The lowest BCUT2D eigenvalue weighted by Gasteiger charge is -1.97. The number of nitrogens with one attached hydrogen (secondary N) is 2. The van der Waals surface area contributed by atoms with Crippen LogP contribution in [0.3, 0.4) is 0 Å². The van der Waals surface area contributed by atoms with E-state index < -0.39 is 0 Å². The first-order valence-electron chi connectivity index (χ1n) is 4.74. The maximum atomic E-state index is 5.17. The number of aromatic amines is 2. The molecule has 0 amide bonds. The fourth-order valence-electron chi connectivity index (χ4n) is 1.59. The fraction of sp³-hybridized carbons (Fsp3) is 0. The summed E-state index contributed by atoms with van der Waals surface area (Å²) in [4.78, 5) is 8.83. The van der Waals surface area contributed by atoms with Crippen LogP contribution < -0.4 is 0 Å². The van der Waals surface area contributed by atoms with Crippen LogP contribution in [0, 0.1) is 4.77 Å². The van der Waals surface area contributed by atoms with Crippen molar-refractivity contribution in [1.29, 1.82) is 0 Å². The molecule has 0 aliphatic carbocycles. The summed E-state index contributed by atoms with van der Waals surface area (Å²) in [6.45, 7) is 0. The predicted molar refractivity (Wildman–Crippen MR) is 72.6 cm³/mol. The second-order valence-electron chi connectivity index (χ2n) is 3.28. The lowest BCUT2D eigenvalue weighted by molar-refractivity contribution is 1.27. The van der Waals surface area contributed by atoms with Gasteiger partial charge in [0.2, 0.25) is 0 Å². The third-order valence-electron chi connectivity index (χ3n) is 2.26. The van der Waals surface area contributed by atoms with Gasteiger partial charge >= 0.3 is 0 Å². The van der Waals surface area contributed by atoms with Gasteiger partial charge in [-0.1, -0.05) is 12.1 Å². The molecule has 0 saturated carbocycles. The van der Waals surface area contributed by atoms with Gasteiger partial charge in [0.1, 0.15) is 0 Å². The Labute approximate surface area is 106 Å². The Kier molecular flexibility index (Phi) is 2.51. The molecular formula is C11H8N2S3. The average Bonchev–Trinajstić information content (AvgIpc) is 2.98. The van der Waals surface area contributed by atoms with E-state index in [2.05, 4.69) is 32.9 Å². The minimum atomic E-state index is 0.673. The summed E-state index contributed by atoms with van der Waals surface area (Å²) in [6, 6.07) is 8.27. The summed E-state index contributed by atoms with van der Waals surface area (Å²) >= 11 is 8.58. The Bertz CT molecular complexity index is 574. The maximum absolute atomic E-state index is 5.17. The maximum Gasteiger partial charge on any atom is 0.175 e. The quantitative estimate of drug-likeness (QED) is 0.655. The van der Waals surface area contributed by atoms with Crippen LogP contribution in [0.4, 0.5) is 0 Å². The first-order valence-corrected chi connectivity index (χ1v) is 6.91. The zero-order valence-electron chi connectivity index (χ0n) is 8.19. The van der Waals surface area contributed by atoms with Crippen molar-refractivity contribution in [3.8, 4) is 21.1 Å². The largest absolute Gasteiger partial charge is 0.330 e. The molecule has 0 aliphatic rings. The molecule has 0 radical (unpaired) electrons. The van der Waals surface area contributed by atoms with Crippen molar-refractivity contribution in [2.75, 3.05) is 0 Å². The molecule has 80 valence electrons. The molecule has 2 N–H and O–H groups in total. The van der Waals surface area contributed by atoms with Gasteiger partial charge in [-0.15, -0.1) is 22.7 Å². The number of thiophene rings is 2. The zero-order valence-corrected chi connectivity index (χ0v) is 10.6. The van der Waals surface area contributed by atoms with Crippen molar-refractivity contribution in [2.45, 2.75) is 0 Å². The predicted octanol–water partition coefficient (Wildman–Crippen LogP) is 4.53. The van der Waals surface area contributed by atoms with E-state index in [1.165, 1.54) is 9.75 Å². The molecule has 0 spiro atoms. The topological polar surface area (TPSA) is 31.6 Å². The van der Waals surface area contributed by atoms with Gasteiger partial charge in [0.15, 0.2) is 4.77 Å². The van der Waals surface area contributed by atoms with Gasteiger partial charge in [-0.05, 0) is 35.1 Å². The van der Waals surface area contributed by atoms with Crippen LogP contribution in [-0.4, -0.2) is 9.97 Å². The lowest BCUT2D eigenvalue weighted by atomic mass is 10.2. The highest BCUT2D eigenvalue weighted by Gasteiger charge is 2.11. The second kappa shape index (κ2) is 4.01. The highest BCUT2D eigenvalue weighted by molar-refractivity contribution is 7.71. The average molecular weight is 264 g/mol. The van der Waals surface area contributed by atoms with Gasteiger partial charge in [0.05, 0.1) is 21.1 Å². The molecule has 2 nitrogen and oxygen atoms in total. The molecule has 0 atom stereocenters. The first-order chi connectivity index (χ1) is 7.84. The van der Waals surface area contributed by atoms with Gasteiger partial charge < -0.3 is 9.97 Å². The number of imidazole rings is 1. The van der Waals surface area contributed by atoms with E-state index in [0.29, 0.717) is 4.77 Å². The van der Waals surface area contributed by atoms with Crippen molar-refractivity contribution < 1.29 is 0 Å². The number of hydrogen-bond donors (Lipinski definition) is 2. The zero-order chi connectivity index (χ0) is 11.0. The molecule has 3 rings (SSSR count). The summed E-state index contributed by atoms with van der Waals surface area (Å²) < 4.78 is 0.673. The van der Waals surface area contributed by atoms with Crippen molar-refractivity contribution in [2.24, 2.45) is 0 Å². The SMILES string of the molecule is S=c1[nH]c(-c2cccs2)c(-c2cccs2)[nH]1. The van der Waals surface area contributed by atoms with Gasteiger partial charge in [0, 0.05) is 0 Å². The Hall–Kier alpha value is -1.17. The lowest BCUT2D eigenvalue weighted by Crippen LogP contribution is -1.76. The van der Waals surface area contributed by atoms with Gasteiger partial charge in [-0.3, -0.25) is 0 Å². The number of aromatic nitrogens is 2. The van der Waals surface area contributed by atoms with E-state index in [0.717, 1.165) is 11.4 Å². The van der Waals surface area contributed by atoms with Crippen LogP contribution in [0.2, 0.25) is 0 Å². The summed E-state index contributed by atoms with van der Waals surface area (Å²) in [5.74, 6) is 0. The van der Waals surface area contributed by atoms with Crippen LogP contribution >= 0.6 is 34.9 Å². The molecule has 3 aromatic rings. The Morgan fingerprint density at radius 2 is 1.38 bits per heavy atom. The number of rotatable bonds is 2. The first kappa shape index (κ1) is 10.0. The summed E-state index contributed by atoms with van der Waals surface area (Å²) in [7, 11) is 0. The molecule has 3 heterocycles. The van der Waals surface area contributed by atoms with E-state index in [4.69, 9.17) is 12.2 Å².